The largest absolute Gasteiger partial charge is 0.497 e. The van der Waals surface area contributed by atoms with Gasteiger partial charge in [0.1, 0.15) is 17.3 Å². The summed E-state index contributed by atoms with van der Waals surface area (Å²) in [6, 6.07) is 23.3. The molecule has 2 aromatic heterocycles. The highest BCUT2D eigenvalue weighted by Gasteiger charge is 2.33. The van der Waals surface area contributed by atoms with E-state index in [4.69, 9.17) is 9.15 Å². The quantitative estimate of drug-likeness (QED) is 0.248. The summed E-state index contributed by atoms with van der Waals surface area (Å²) in [5.74, 6) is 0.648. The number of hydrogen-bond donors (Lipinski definition) is 1. The number of para-hydroxylation sites is 1. The predicted molar refractivity (Wildman–Crippen MR) is 161 cm³/mol. The number of ether oxygens (including phenoxy) is 1. The maximum absolute atomic E-state index is 14.0. The molecule has 222 valence electrons. The summed E-state index contributed by atoms with van der Waals surface area (Å²) in [7, 11) is 1.53. The molecule has 0 aliphatic carbocycles. The number of allylic oxidation sites excluding steroid dienone is 1. The van der Waals surface area contributed by atoms with Gasteiger partial charge in [-0.25, -0.2) is 4.99 Å². The number of rotatable bonds is 6. The summed E-state index contributed by atoms with van der Waals surface area (Å²) in [4.78, 5) is 32.7. The fourth-order valence-corrected chi connectivity index (χ4v) is 6.05. The molecular weight excluding hydrogens is 591 g/mol. The molecule has 7 nitrogen and oxygen atoms in total. The molecule has 1 atom stereocenters. The Balaban J connectivity index is 1.44. The van der Waals surface area contributed by atoms with Crippen molar-refractivity contribution >= 4 is 29.0 Å². The maximum atomic E-state index is 14.0. The number of thiazole rings is 1. The monoisotopic (exact) mass is 615 g/mol. The number of fused-ring (bicyclic) bond motifs is 1. The zero-order valence-corrected chi connectivity index (χ0v) is 24.2. The fourth-order valence-electron chi connectivity index (χ4n) is 5.02. The molecule has 44 heavy (non-hydrogen) atoms. The Morgan fingerprint density at radius 3 is 2.55 bits per heavy atom. The Hall–Kier alpha value is -5.16. The number of furan rings is 1. The van der Waals surface area contributed by atoms with Crippen LogP contribution in [0.4, 0.5) is 18.9 Å². The van der Waals surface area contributed by atoms with E-state index in [2.05, 4.69) is 10.3 Å². The van der Waals surface area contributed by atoms with Crippen LogP contribution >= 0.6 is 11.3 Å². The fraction of sp³-hybridized carbons (Fsp3) is 0.121. The van der Waals surface area contributed by atoms with Gasteiger partial charge in [0.2, 0.25) is 0 Å². The van der Waals surface area contributed by atoms with Gasteiger partial charge in [-0.2, -0.15) is 13.2 Å². The maximum Gasteiger partial charge on any atom is 0.416 e. The third-order valence-corrected chi connectivity index (χ3v) is 8.06. The highest BCUT2D eigenvalue weighted by Crippen LogP contribution is 2.34. The third-order valence-electron chi connectivity index (χ3n) is 7.08. The number of nitrogens with zero attached hydrogens (tertiary/aromatic N) is 2. The molecule has 0 saturated heterocycles. The number of carbonyl (C=O) groups excluding carboxylic acids is 1. The second-order valence-corrected chi connectivity index (χ2v) is 11.0. The van der Waals surface area contributed by atoms with Crippen LogP contribution in [0.2, 0.25) is 0 Å². The molecule has 0 unspecified atom stereocenters. The van der Waals surface area contributed by atoms with E-state index in [9.17, 15) is 22.8 Å². The van der Waals surface area contributed by atoms with Gasteiger partial charge < -0.3 is 14.5 Å². The molecular formula is C33H24F3N3O4S. The van der Waals surface area contributed by atoms with Crippen molar-refractivity contribution in [2.75, 3.05) is 12.4 Å². The lowest BCUT2D eigenvalue weighted by atomic mass is 9.95. The van der Waals surface area contributed by atoms with Crippen molar-refractivity contribution in [1.29, 1.82) is 0 Å². The normalized spacial score (nSPS) is 15.1. The summed E-state index contributed by atoms with van der Waals surface area (Å²) < 4.78 is 52.7. The predicted octanol–water partition coefficient (Wildman–Crippen LogP) is 6.16. The molecule has 0 bridgehead atoms. The van der Waals surface area contributed by atoms with Gasteiger partial charge in [-0.15, -0.1) is 0 Å². The van der Waals surface area contributed by atoms with Gasteiger partial charge in [-0.1, -0.05) is 53.8 Å². The molecule has 11 heteroatoms. The Bertz CT molecular complexity index is 2090. The minimum Gasteiger partial charge on any atom is -0.497 e. The van der Waals surface area contributed by atoms with Crippen molar-refractivity contribution in [2.24, 2.45) is 4.99 Å². The molecule has 1 amide bonds. The van der Waals surface area contributed by atoms with Gasteiger partial charge in [0.25, 0.3) is 11.5 Å². The first-order valence-corrected chi connectivity index (χ1v) is 14.2. The summed E-state index contributed by atoms with van der Waals surface area (Å²) in [6.07, 6.45) is -2.97. The topological polar surface area (TPSA) is 85.8 Å². The molecule has 1 N–H and O–H groups in total. The van der Waals surface area contributed by atoms with Crippen LogP contribution < -0.4 is 24.9 Å². The third kappa shape index (κ3) is 5.61. The van der Waals surface area contributed by atoms with Crippen molar-refractivity contribution in [3.8, 4) is 17.1 Å². The summed E-state index contributed by atoms with van der Waals surface area (Å²) >= 11 is 1.12. The SMILES string of the molecule is COc1cccc([C@@H]2C(C(=O)Nc3ccccc3)=C(C)N=c3s/c(=C\c4ccc(-c5cccc(C(F)(F)F)c5)o4)c(=O)n32)c1. The first-order valence-electron chi connectivity index (χ1n) is 13.4. The summed E-state index contributed by atoms with van der Waals surface area (Å²) in [6.45, 7) is 1.72. The molecule has 0 radical (unpaired) electrons. The molecule has 0 saturated carbocycles. The number of alkyl halides is 3. The number of carbonyl (C=O) groups is 1. The van der Waals surface area contributed by atoms with E-state index in [1.165, 1.54) is 29.9 Å². The van der Waals surface area contributed by atoms with E-state index in [0.717, 1.165) is 23.5 Å². The second-order valence-electron chi connectivity index (χ2n) is 9.96. The molecule has 0 fully saturated rings. The van der Waals surface area contributed by atoms with Gasteiger partial charge in [0.15, 0.2) is 4.80 Å². The Kier molecular flexibility index (Phi) is 7.56. The number of anilines is 1. The average molecular weight is 616 g/mol. The van der Waals surface area contributed by atoms with Crippen LogP contribution in [-0.2, 0) is 11.0 Å². The van der Waals surface area contributed by atoms with E-state index in [1.807, 2.05) is 12.1 Å². The van der Waals surface area contributed by atoms with E-state index < -0.39 is 29.2 Å². The van der Waals surface area contributed by atoms with Gasteiger partial charge in [-0.05, 0) is 61.0 Å². The van der Waals surface area contributed by atoms with E-state index >= 15 is 0 Å². The first-order chi connectivity index (χ1) is 21.1. The lowest BCUT2D eigenvalue weighted by Crippen LogP contribution is -2.40. The van der Waals surface area contributed by atoms with Gasteiger partial charge in [-0.3, -0.25) is 14.2 Å². The number of hydrogen-bond acceptors (Lipinski definition) is 6. The zero-order chi connectivity index (χ0) is 31.0. The van der Waals surface area contributed by atoms with Crippen molar-refractivity contribution in [1.82, 2.24) is 4.57 Å². The lowest BCUT2D eigenvalue weighted by Gasteiger charge is -2.25. The number of halogens is 3. The van der Waals surface area contributed by atoms with Crippen LogP contribution in [0.3, 0.4) is 0 Å². The number of amides is 1. The highest BCUT2D eigenvalue weighted by atomic mass is 32.1. The molecule has 5 aromatic rings. The Labute approximate surface area is 252 Å². The van der Waals surface area contributed by atoms with Gasteiger partial charge in [0.05, 0.1) is 34.5 Å². The lowest BCUT2D eigenvalue weighted by molar-refractivity contribution is -0.137. The molecule has 6 rings (SSSR count). The van der Waals surface area contributed by atoms with E-state index in [0.29, 0.717) is 33.1 Å². The Morgan fingerprint density at radius 1 is 1.02 bits per heavy atom. The second kappa shape index (κ2) is 11.5. The van der Waals surface area contributed by atoms with Crippen LogP contribution in [0.15, 0.2) is 116 Å². The number of benzene rings is 3. The summed E-state index contributed by atoms with van der Waals surface area (Å²) in [5.41, 5.74) is 1.04. The van der Waals surface area contributed by atoms with Crippen LogP contribution in [0.1, 0.15) is 29.9 Å². The van der Waals surface area contributed by atoms with E-state index in [-0.39, 0.29) is 21.6 Å². The number of methoxy groups -OCH3 is 1. The Morgan fingerprint density at radius 2 is 1.80 bits per heavy atom. The molecule has 3 heterocycles. The first kappa shape index (κ1) is 28.9. The van der Waals surface area contributed by atoms with Crippen molar-refractivity contribution in [3.63, 3.8) is 0 Å². The van der Waals surface area contributed by atoms with Crippen LogP contribution in [0.5, 0.6) is 5.75 Å². The number of aromatic nitrogens is 1. The minimum absolute atomic E-state index is 0.222. The minimum atomic E-state index is -4.49. The van der Waals surface area contributed by atoms with Crippen molar-refractivity contribution < 1.29 is 27.1 Å². The summed E-state index contributed by atoms with van der Waals surface area (Å²) in [5, 5.41) is 2.91. The van der Waals surface area contributed by atoms with E-state index in [1.54, 1.807) is 61.5 Å². The standard InChI is InChI=1S/C33H24F3N3O4S/c1-19-28(30(40)38-23-11-4-3-5-12-23)29(21-9-7-13-24(17-21)42-2)39-31(41)27(44-32(39)37-19)18-25-14-15-26(43-25)20-8-6-10-22(16-20)33(34,35)36/h3-18,29H,1-2H3,(H,38,40)/b27-18-/t29-/m1/s1. The number of nitrogens with one attached hydrogen (secondary N) is 1. The van der Waals surface area contributed by atoms with Crippen LogP contribution in [-0.4, -0.2) is 17.6 Å². The van der Waals surface area contributed by atoms with Crippen molar-refractivity contribution in [2.45, 2.75) is 19.1 Å². The van der Waals surface area contributed by atoms with Crippen LogP contribution in [0, 0.1) is 0 Å². The molecule has 0 spiro atoms. The molecule has 3 aromatic carbocycles. The average Bonchev–Trinajstić information content (AvgIpc) is 3.60. The zero-order valence-electron chi connectivity index (χ0n) is 23.4. The van der Waals surface area contributed by atoms with Gasteiger partial charge in [0, 0.05) is 17.3 Å². The smallest absolute Gasteiger partial charge is 0.416 e. The molecule has 1 aliphatic rings. The highest BCUT2D eigenvalue weighted by molar-refractivity contribution is 7.07. The molecule has 1 aliphatic heterocycles. The van der Waals surface area contributed by atoms with Crippen LogP contribution in [0.25, 0.3) is 17.4 Å². The van der Waals surface area contributed by atoms with Crippen molar-refractivity contribution in [3.05, 3.63) is 139 Å². The van der Waals surface area contributed by atoms with Gasteiger partial charge >= 0.3 is 6.18 Å².